The van der Waals surface area contributed by atoms with E-state index in [0.717, 1.165) is 29.2 Å². The Labute approximate surface area is 85.8 Å². The zero-order valence-corrected chi connectivity index (χ0v) is 8.38. The molecule has 0 aliphatic heterocycles. The van der Waals surface area contributed by atoms with Crippen molar-refractivity contribution in [2.75, 3.05) is 7.11 Å². The van der Waals surface area contributed by atoms with Gasteiger partial charge in [-0.25, -0.2) is 4.79 Å². The van der Waals surface area contributed by atoms with E-state index in [1.54, 1.807) is 0 Å². The Morgan fingerprint density at radius 3 is 2.64 bits per heavy atom. The summed E-state index contributed by atoms with van der Waals surface area (Å²) in [6, 6.07) is 9.19. The maximum atomic E-state index is 12.8. The predicted molar refractivity (Wildman–Crippen MR) is 53.5 cm³/mol. The number of carbonyl (C=O) groups is 1. The molecule has 14 heavy (non-hydrogen) atoms. The number of rotatable bonds is 3. The van der Waals surface area contributed by atoms with E-state index in [2.05, 4.69) is 4.74 Å². The molecule has 0 unspecified atom stereocenters. The largest absolute Gasteiger partial charge is 0.464 e. The summed E-state index contributed by atoms with van der Waals surface area (Å²) < 4.78 is 17.1. The SMILES string of the molecule is COC(=O)/C(F)=C/Sc1ccccc1. The van der Waals surface area contributed by atoms with E-state index >= 15 is 0 Å². The van der Waals surface area contributed by atoms with Crippen LogP contribution in [0, 0.1) is 0 Å². The van der Waals surface area contributed by atoms with Gasteiger partial charge in [0.2, 0.25) is 5.83 Å². The monoisotopic (exact) mass is 212 g/mol. The number of halogens is 1. The van der Waals surface area contributed by atoms with Gasteiger partial charge in [0.15, 0.2) is 0 Å². The van der Waals surface area contributed by atoms with Crippen LogP contribution < -0.4 is 0 Å². The maximum Gasteiger partial charge on any atom is 0.367 e. The van der Waals surface area contributed by atoms with Crippen LogP contribution in [0.5, 0.6) is 0 Å². The Balaban J connectivity index is 2.59. The Kier molecular flexibility index (Phi) is 4.19. The van der Waals surface area contributed by atoms with Crippen LogP contribution in [0.1, 0.15) is 0 Å². The van der Waals surface area contributed by atoms with Gasteiger partial charge in [0.1, 0.15) is 0 Å². The number of hydrogen-bond donors (Lipinski definition) is 0. The summed E-state index contributed by atoms with van der Waals surface area (Å²) in [7, 11) is 1.14. The van der Waals surface area contributed by atoms with Crippen molar-refractivity contribution in [3.05, 3.63) is 41.6 Å². The van der Waals surface area contributed by atoms with E-state index in [1.165, 1.54) is 0 Å². The average Bonchev–Trinajstić information content (AvgIpc) is 2.26. The molecule has 0 atom stereocenters. The van der Waals surface area contributed by atoms with Crippen LogP contribution in [-0.2, 0) is 9.53 Å². The Hall–Kier alpha value is -1.29. The minimum Gasteiger partial charge on any atom is -0.464 e. The fraction of sp³-hybridized carbons (Fsp3) is 0.100. The highest BCUT2D eigenvalue weighted by Gasteiger charge is 2.07. The van der Waals surface area contributed by atoms with E-state index in [0.29, 0.717) is 0 Å². The fourth-order valence-electron chi connectivity index (χ4n) is 0.764. The molecular weight excluding hydrogens is 203 g/mol. The summed E-state index contributed by atoms with van der Waals surface area (Å²) in [6.45, 7) is 0. The van der Waals surface area contributed by atoms with Crippen LogP contribution in [-0.4, -0.2) is 13.1 Å². The third-order valence-corrected chi connectivity index (χ3v) is 2.29. The molecule has 0 saturated heterocycles. The quantitative estimate of drug-likeness (QED) is 0.438. The third-order valence-electron chi connectivity index (χ3n) is 1.42. The van der Waals surface area contributed by atoms with E-state index in [1.807, 2.05) is 30.3 Å². The number of ether oxygens (including phenoxy) is 1. The highest BCUT2D eigenvalue weighted by atomic mass is 32.2. The molecule has 1 aromatic carbocycles. The predicted octanol–water partition coefficient (Wildman–Crippen LogP) is 2.76. The van der Waals surface area contributed by atoms with Crippen molar-refractivity contribution in [1.29, 1.82) is 0 Å². The molecule has 1 aromatic rings. The second-order valence-electron chi connectivity index (χ2n) is 2.39. The number of benzene rings is 1. The number of methoxy groups -OCH3 is 1. The van der Waals surface area contributed by atoms with Gasteiger partial charge in [0.05, 0.1) is 7.11 Å². The summed E-state index contributed by atoms with van der Waals surface area (Å²) in [5.41, 5.74) is 0. The molecule has 0 aliphatic carbocycles. The maximum absolute atomic E-state index is 12.8. The van der Waals surface area contributed by atoms with Crippen LogP contribution in [0.2, 0.25) is 0 Å². The van der Waals surface area contributed by atoms with Crippen LogP contribution in [0.25, 0.3) is 0 Å². The molecule has 1 rings (SSSR count). The van der Waals surface area contributed by atoms with Gasteiger partial charge in [-0.05, 0) is 12.1 Å². The van der Waals surface area contributed by atoms with Gasteiger partial charge in [-0.3, -0.25) is 0 Å². The van der Waals surface area contributed by atoms with Gasteiger partial charge in [-0.15, -0.1) is 0 Å². The van der Waals surface area contributed by atoms with E-state index in [9.17, 15) is 9.18 Å². The first-order valence-electron chi connectivity index (χ1n) is 3.89. The summed E-state index contributed by atoms with van der Waals surface area (Å²) in [5.74, 6) is -1.84. The minimum atomic E-state index is -0.951. The zero-order chi connectivity index (χ0) is 10.4. The van der Waals surface area contributed by atoms with Crippen LogP contribution in [0.3, 0.4) is 0 Å². The highest BCUT2D eigenvalue weighted by Crippen LogP contribution is 2.20. The molecule has 0 heterocycles. The molecular formula is C10H9FO2S. The van der Waals surface area contributed by atoms with Crippen molar-refractivity contribution < 1.29 is 13.9 Å². The molecule has 0 N–H and O–H groups in total. The lowest BCUT2D eigenvalue weighted by atomic mass is 10.4. The summed E-state index contributed by atoms with van der Waals surface area (Å²) in [4.78, 5) is 11.5. The molecule has 0 fully saturated rings. The van der Waals surface area contributed by atoms with E-state index < -0.39 is 11.8 Å². The number of esters is 1. The Morgan fingerprint density at radius 2 is 2.07 bits per heavy atom. The second-order valence-corrected chi connectivity index (χ2v) is 3.33. The normalized spacial score (nSPS) is 11.1. The molecule has 74 valence electrons. The number of carbonyl (C=O) groups excluding carboxylic acids is 1. The number of hydrogen-bond acceptors (Lipinski definition) is 3. The van der Waals surface area contributed by atoms with Crippen molar-refractivity contribution >= 4 is 17.7 Å². The van der Waals surface area contributed by atoms with Crippen LogP contribution >= 0.6 is 11.8 Å². The van der Waals surface area contributed by atoms with Crippen molar-refractivity contribution in [1.82, 2.24) is 0 Å². The molecule has 0 saturated carbocycles. The van der Waals surface area contributed by atoms with E-state index in [-0.39, 0.29) is 0 Å². The van der Waals surface area contributed by atoms with Gasteiger partial charge in [-0.2, -0.15) is 4.39 Å². The first kappa shape index (κ1) is 10.8. The van der Waals surface area contributed by atoms with Gasteiger partial charge in [0, 0.05) is 10.3 Å². The Morgan fingerprint density at radius 1 is 1.43 bits per heavy atom. The lowest BCUT2D eigenvalue weighted by Crippen LogP contribution is -1.99. The van der Waals surface area contributed by atoms with Crippen LogP contribution in [0.4, 0.5) is 4.39 Å². The third kappa shape index (κ3) is 3.22. The summed E-state index contributed by atoms with van der Waals surface area (Å²) in [6.07, 6.45) is 0. The molecule has 0 aliphatic rings. The first-order valence-corrected chi connectivity index (χ1v) is 4.77. The van der Waals surface area contributed by atoms with Crippen LogP contribution in [0.15, 0.2) is 46.5 Å². The molecule has 0 bridgehead atoms. The number of thioether (sulfide) groups is 1. The van der Waals surface area contributed by atoms with Gasteiger partial charge < -0.3 is 4.74 Å². The van der Waals surface area contributed by atoms with Gasteiger partial charge in [-0.1, -0.05) is 30.0 Å². The Bertz CT molecular complexity index is 335. The molecule has 0 radical (unpaired) electrons. The molecule has 0 amide bonds. The average molecular weight is 212 g/mol. The summed E-state index contributed by atoms with van der Waals surface area (Å²) in [5, 5.41) is 1.13. The van der Waals surface area contributed by atoms with Crippen molar-refractivity contribution in [3.8, 4) is 0 Å². The van der Waals surface area contributed by atoms with Gasteiger partial charge in [0.25, 0.3) is 0 Å². The van der Waals surface area contributed by atoms with E-state index in [4.69, 9.17) is 0 Å². The topological polar surface area (TPSA) is 26.3 Å². The fourth-order valence-corrected chi connectivity index (χ4v) is 1.41. The van der Waals surface area contributed by atoms with Crippen molar-refractivity contribution in [2.45, 2.75) is 4.90 Å². The van der Waals surface area contributed by atoms with Gasteiger partial charge >= 0.3 is 5.97 Å². The van der Waals surface area contributed by atoms with Crippen molar-refractivity contribution in [3.63, 3.8) is 0 Å². The smallest absolute Gasteiger partial charge is 0.367 e. The second kappa shape index (κ2) is 5.44. The molecule has 0 aromatic heterocycles. The lowest BCUT2D eigenvalue weighted by Gasteiger charge is -1.96. The standard InChI is InChI=1S/C10H9FO2S/c1-13-10(12)9(11)7-14-8-5-3-2-4-6-8/h2-7H,1H3/b9-7-. The summed E-state index contributed by atoms with van der Waals surface area (Å²) >= 11 is 1.13. The minimum absolute atomic E-state index is 0.867. The zero-order valence-electron chi connectivity index (χ0n) is 7.57. The first-order chi connectivity index (χ1) is 6.74. The van der Waals surface area contributed by atoms with Crippen molar-refractivity contribution in [2.24, 2.45) is 0 Å². The molecule has 4 heteroatoms. The highest BCUT2D eigenvalue weighted by molar-refractivity contribution is 8.02. The molecule has 2 nitrogen and oxygen atoms in total. The lowest BCUT2D eigenvalue weighted by molar-refractivity contribution is -0.137. The molecule has 0 spiro atoms.